The molecule has 1 aromatic carbocycles. The second-order valence-electron chi connectivity index (χ2n) is 2.76. The van der Waals surface area contributed by atoms with Crippen molar-refractivity contribution in [1.82, 2.24) is 0 Å². The van der Waals surface area contributed by atoms with Crippen molar-refractivity contribution in [3.63, 3.8) is 0 Å². The number of halogens is 1. The van der Waals surface area contributed by atoms with Crippen molar-refractivity contribution in [3.8, 4) is 5.75 Å². The summed E-state index contributed by atoms with van der Waals surface area (Å²) in [5.41, 5.74) is 6.30. The SMILES string of the molecule is CCOc1ccc(C(N)CF)cc1. The lowest BCUT2D eigenvalue weighted by Crippen LogP contribution is -2.11. The van der Waals surface area contributed by atoms with E-state index in [2.05, 4.69) is 0 Å². The first-order chi connectivity index (χ1) is 6.27. The molecule has 72 valence electrons. The summed E-state index contributed by atoms with van der Waals surface area (Å²) in [4.78, 5) is 0. The highest BCUT2D eigenvalue weighted by Gasteiger charge is 2.04. The number of hydrogen-bond acceptors (Lipinski definition) is 2. The highest BCUT2D eigenvalue weighted by molar-refractivity contribution is 5.28. The quantitative estimate of drug-likeness (QED) is 0.775. The molecule has 2 nitrogen and oxygen atoms in total. The van der Waals surface area contributed by atoms with Gasteiger partial charge in [-0.15, -0.1) is 0 Å². The first-order valence-electron chi connectivity index (χ1n) is 4.32. The van der Waals surface area contributed by atoms with Gasteiger partial charge in [-0.2, -0.15) is 0 Å². The number of benzene rings is 1. The molecular formula is C10H14FNO. The standard InChI is InChI=1S/C10H14FNO/c1-2-13-9-5-3-8(4-6-9)10(12)7-11/h3-6,10H,2,7,12H2,1H3. The summed E-state index contributed by atoms with van der Waals surface area (Å²) in [6.45, 7) is 2.02. The van der Waals surface area contributed by atoms with Crippen molar-refractivity contribution in [1.29, 1.82) is 0 Å². The molecule has 1 atom stereocenters. The van der Waals surface area contributed by atoms with Gasteiger partial charge in [0.1, 0.15) is 12.4 Å². The lowest BCUT2D eigenvalue weighted by atomic mass is 10.1. The maximum atomic E-state index is 12.2. The Morgan fingerprint density at radius 3 is 2.46 bits per heavy atom. The highest BCUT2D eigenvalue weighted by Crippen LogP contribution is 2.16. The molecule has 13 heavy (non-hydrogen) atoms. The van der Waals surface area contributed by atoms with Gasteiger partial charge in [-0.05, 0) is 24.6 Å². The molecule has 0 bridgehead atoms. The smallest absolute Gasteiger partial charge is 0.119 e. The van der Waals surface area contributed by atoms with Gasteiger partial charge in [-0.1, -0.05) is 12.1 Å². The minimum Gasteiger partial charge on any atom is -0.494 e. The third-order valence-corrected chi connectivity index (χ3v) is 1.79. The van der Waals surface area contributed by atoms with Crippen LogP contribution < -0.4 is 10.5 Å². The van der Waals surface area contributed by atoms with Gasteiger partial charge in [-0.3, -0.25) is 0 Å². The molecule has 1 rings (SSSR count). The number of alkyl halides is 1. The van der Waals surface area contributed by atoms with E-state index in [1.165, 1.54) is 0 Å². The molecule has 0 aliphatic heterocycles. The number of nitrogens with two attached hydrogens (primary N) is 1. The van der Waals surface area contributed by atoms with Gasteiger partial charge in [0.2, 0.25) is 0 Å². The molecule has 0 amide bonds. The molecule has 0 aliphatic carbocycles. The van der Waals surface area contributed by atoms with E-state index in [0.29, 0.717) is 6.61 Å². The van der Waals surface area contributed by atoms with Crippen LogP contribution in [0.3, 0.4) is 0 Å². The molecule has 0 saturated heterocycles. The molecule has 1 aromatic rings. The maximum Gasteiger partial charge on any atom is 0.119 e. The molecule has 0 spiro atoms. The lowest BCUT2D eigenvalue weighted by Gasteiger charge is -2.08. The first-order valence-corrected chi connectivity index (χ1v) is 4.32. The van der Waals surface area contributed by atoms with E-state index in [0.717, 1.165) is 11.3 Å². The zero-order chi connectivity index (χ0) is 9.68. The van der Waals surface area contributed by atoms with E-state index < -0.39 is 12.7 Å². The van der Waals surface area contributed by atoms with Gasteiger partial charge < -0.3 is 10.5 Å². The van der Waals surface area contributed by atoms with Crippen LogP contribution in [0.5, 0.6) is 5.75 Å². The Kier molecular flexibility index (Phi) is 3.71. The van der Waals surface area contributed by atoms with Crippen molar-refractivity contribution in [3.05, 3.63) is 29.8 Å². The largest absolute Gasteiger partial charge is 0.494 e. The molecule has 0 saturated carbocycles. The van der Waals surface area contributed by atoms with Crippen LogP contribution in [0, 0.1) is 0 Å². The van der Waals surface area contributed by atoms with Gasteiger partial charge in [0.25, 0.3) is 0 Å². The van der Waals surface area contributed by atoms with Crippen molar-refractivity contribution < 1.29 is 9.13 Å². The fourth-order valence-electron chi connectivity index (χ4n) is 1.07. The average Bonchev–Trinajstić information content (AvgIpc) is 2.18. The second kappa shape index (κ2) is 4.82. The maximum absolute atomic E-state index is 12.2. The average molecular weight is 183 g/mol. The predicted octanol–water partition coefficient (Wildman–Crippen LogP) is 2.05. The predicted molar refractivity (Wildman–Crippen MR) is 50.5 cm³/mol. The molecule has 0 radical (unpaired) electrons. The van der Waals surface area contributed by atoms with E-state index in [1.54, 1.807) is 24.3 Å². The third kappa shape index (κ3) is 2.70. The van der Waals surface area contributed by atoms with Crippen molar-refractivity contribution in [2.75, 3.05) is 13.3 Å². The van der Waals surface area contributed by atoms with Gasteiger partial charge in [0.05, 0.1) is 12.6 Å². The Labute approximate surface area is 77.5 Å². The lowest BCUT2D eigenvalue weighted by molar-refractivity contribution is 0.340. The van der Waals surface area contributed by atoms with E-state index in [-0.39, 0.29) is 0 Å². The van der Waals surface area contributed by atoms with E-state index >= 15 is 0 Å². The van der Waals surface area contributed by atoms with Crippen molar-refractivity contribution in [2.45, 2.75) is 13.0 Å². The normalized spacial score (nSPS) is 12.5. The Morgan fingerprint density at radius 1 is 1.38 bits per heavy atom. The van der Waals surface area contributed by atoms with Gasteiger partial charge in [0.15, 0.2) is 0 Å². The van der Waals surface area contributed by atoms with Crippen LogP contribution in [0.2, 0.25) is 0 Å². The molecule has 0 fully saturated rings. The zero-order valence-corrected chi connectivity index (χ0v) is 7.66. The fourth-order valence-corrected chi connectivity index (χ4v) is 1.07. The molecule has 0 heterocycles. The fraction of sp³-hybridized carbons (Fsp3) is 0.400. The summed E-state index contributed by atoms with van der Waals surface area (Å²) in [5.74, 6) is 0.789. The van der Waals surface area contributed by atoms with Crippen LogP contribution in [0.1, 0.15) is 18.5 Å². The second-order valence-corrected chi connectivity index (χ2v) is 2.76. The van der Waals surface area contributed by atoms with Gasteiger partial charge in [0, 0.05) is 0 Å². The monoisotopic (exact) mass is 183 g/mol. The molecule has 1 unspecified atom stereocenters. The van der Waals surface area contributed by atoms with Crippen LogP contribution >= 0.6 is 0 Å². The summed E-state index contributed by atoms with van der Waals surface area (Å²) >= 11 is 0. The molecule has 2 N–H and O–H groups in total. The summed E-state index contributed by atoms with van der Waals surface area (Å²) in [5, 5.41) is 0. The number of hydrogen-bond donors (Lipinski definition) is 1. The van der Waals surface area contributed by atoms with Crippen LogP contribution in [0.4, 0.5) is 4.39 Å². The van der Waals surface area contributed by atoms with Crippen molar-refractivity contribution >= 4 is 0 Å². The summed E-state index contributed by atoms with van der Waals surface area (Å²) in [6, 6.07) is 6.66. The Bertz CT molecular complexity index is 248. The Balaban J connectivity index is 2.69. The van der Waals surface area contributed by atoms with Crippen LogP contribution in [0.25, 0.3) is 0 Å². The van der Waals surface area contributed by atoms with Crippen LogP contribution in [-0.2, 0) is 0 Å². The van der Waals surface area contributed by atoms with Gasteiger partial charge in [-0.25, -0.2) is 4.39 Å². The van der Waals surface area contributed by atoms with Crippen molar-refractivity contribution in [2.24, 2.45) is 5.73 Å². The molecule has 0 aliphatic rings. The topological polar surface area (TPSA) is 35.2 Å². The highest BCUT2D eigenvalue weighted by atomic mass is 19.1. The number of rotatable bonds is 4. The van der Waals surface area contributed by atoms with Gasteiger partial charge >= 0.3 is 0 Å². The van der Waals surface area contributed by atoms with E-state index in [1.807, 2.05) is 6.92 Å². The molecule has 3 heteroatoms. The molecular weight excluding hydrogens is 169 g/mol. The zero-order valence-electron chi connectivity index (χ0n) is 7.66. The minimum absolute atomic E-state index is 0.518. The first kappa shape index (κ1) is 9.99. The summed E-state index contributed by atoms with van der Waals surface area (Å²) < 4.78 is 17.4. The van der Waals surface area contributed by atoms with Crippen LogP contribution in [-0.4, -0.2) is 13.3 Å². The third-order valence-electron chi connectivity index (χ3n) is 1.79. The number of ether oxygens (including phenoxy) is 1. The summed E-state index contributed by atoms with van der Waals surface area (Å²) in [7, 11) is 0. The van der Waals surface area contributed by atoms with E-state index in [9.17, 15) is 4.39 Å². The van der Waals surface area contributed by atoms with Crippen LogP contribution in [0.15, 0.2) is 24.3 Å². The Morgan fingerprint density at radius 2 is 2.00 bits per heavy atom. The minimum atomic E-state index is -0.534. The Hall–Kier alpha value is -1.09. The van der Waals surface area contributed by atoms with E-state index in [4.69, 9.17) is 10.5 Å². The molecule has 0 aromatic heterocycles. The summed E-state index contributed by atoms with van der Waals surface area (Å²) in [6.07, 6.45) is 0.